The summed E-state index contributed by atoms with van der Waals surface area (Å²) in [6.07, 6.45) is 0.994. The van der Waals surface area contributed by atoms with Crippen molar-refractivity contribution in [1.29, 1.82) is 0 Å². The standard InChI is InChI=1S/C17H11Cl2FN4O2/c18-11-2-1-3-12(19)14(11)23-15-13(20)8-21-17(24-15)22-10-6-4-9(5-7-10)16(25)26/h1-8H,(H,25,26)(H2,21,22,23,24). The second-order valence-electron chi connectivity index (χ2n) is 5.12. The molecule has 2 aromatic carbocycles. The highest BCUT2D eigenvalue weighted by atomic mass is 35.5. The van der Waals surface area contributed by atoms with Gasteiger partial charge in [-0.1, -0.05) is 29.3 Å². The third-order valence-electron chi connectivity index (χ3n) is 3.34. The third-order valence-corrected chi connectivity index (χ3v) is 3.97. The molecule has 0 saturated carbocycles. The van der Waals surface area contributed by atoms with E-state index >= 15 is 0 Å². The highest BCUT2D eigenvalue weighted by molar-refractivity contribution is 6.39. The van der Waals surface area contributed by atoms with Crippen LogP contribution in [0.3, 0.4) is 0 Å². The van der Waals surface area contributed by atoms with Gasteiger partial charge in [-0.3, -0.25) is 0 Å². The van der Waals surface area contributed by atoms with Crippen molar-refractivity contribution in [2.24, 2.45) is 0 Å². The Balaban J connectivity index is 1.84. The zero-order valence-electron chi connectivity index (χ0n) is 13.0. The number of anilines is 4. The van der Waals surface area contributed by atoms with Crippen molar-refractivity contribution < 1.29 is 14.3 Å². The fourth-order valence-electron chi connectivity index (χ4n) is 2.08. The van der Waals surface area contributed by atoms with E-state index in [0.29, 0.717) is 21.4 Å². The Hall–Kier alpha value is -2.90. The van der Waals surface area contributed by atoms with Crippen LogP contribution in [0, 0.1) is 5.82 Å². The summed E-state index contributed by atoms with van der Waals surface area (Å²) in [5.74, 6) is -1.72. The number of carboxylic acid groups (broad SMARTS) is 1. The second-order valence-corrected chi connectivity index (χ2v) is 5.93. The van der Waals surface area contributed by atoms with Crippen molar-refractivity contribution in [3.63, 3.8) is 0 Å². The summed E-state index contributed by atoms with van der Waals surface area (Å²) in [7, 11) is 0. The van der Waals surface area contributed by atoms with Gasteiger partial charge in [0.05, 0.1) is 27.5 Å². The molecule has 26 heavy (non-hydrogen) atoms. The van der Waals surface area contributed by atoms with Crippen molar-refractivity contribution in [2.45, 2.75) is 0 Å². The predicted molar refractivity (Wildman–Crippen MR) is 98.4 cm³/mol. The Morgan fingerprint density at radius 1 is 1.04 bits per heavy atom. The van der Waals surface area contributed by atoms with Gasteiger partial charge in [-0.2, -0.15) is 4.98 Å². The van der Waals surface area contributed by atoms with E-state index in [1.807, 2.05) is 0 Å². The Morgan fingerprint density at radius 2 is 1.69 bits per heavy atom. The summed E-state index contributed by atoms with van der Waals surface area (Å²) in [5, 5.41) is 15.1. The molecule has 0 unspecified atom stereocenters. The summed E-state index contributed by atoms with van der Waals surface area (Å²) in [5.41, 5.74) is 1.01. The van der Waals surface area contributed by atoms with Gasteiger partial charge in [0.15, 0.2) is 11.6 Å². The molecule has 0 aliphatic heterocycles. The molecule has 3 N–H and O–H groups in total. The summed E-state index contributed by atoms with van der Waals surface area (Å²) in [6, 6.07) is 10.8. The van der Waals surface area contributed by atoms with Gasteiger partial charge in [-0.25, -0.2) is 14.2 Å². The van der Waals surface area contributed by atoms with Crippen molar-refractivity contribution >= 4 is 52.3 Å². The number of halogens is 3. The van der Waals surface area contributed by atoms with E-state index in [9.17, 15) is 9.18 Å². The van der Waals surface area contributed by atoms with Crippen LogP contribution in [-0.4, -0.2) is 21.0 Å². The number of aromatic carboxylic acids is 1. The van der Waals surface area contributed by atoms with Crippen molar-refractivity contribution in [1.82, 2.24) is 9.97 Å². The number of para-hydroxylation sites is 1. The van der Waals surface area contributed by atoms with E-state index in [0.717, 1.165) is 6.20 Å². The average molecular weight is 393 g/mol. The number of nitrogens with zero attached hydrogens (tertiary/aromatic N) is 2. The molecule has 0 radical (unpaired) electrons. The number of benzene rings is 2. The Kier molecular flexibility index (Phi) is 5.20. The minimum absolute atomic E-state index is 0.111. The van der Waals surface area contributed by atoms with Gasteiger partial charge in [0, 0.05) is 5.69 Å². The third kappa shape index (κ3) is 4.01. The van der Waals surface area contributed by atoms with E-state index in [1.165, 1.54) is 12.1 Å². The molecule has 0 amide bonds. The first-order chi connectivity index (χ1) is 12.4. The van der Waals surface area contributed by atoms with Gasteiger partial charge in [0.2, 0.25) is 5.95 Å². The highest BCUT2D eigenvalue weighted by Gasteiger charge is 2.12. The first-order valence-electron chi connectivity index (χ1n) is 7.28. The normalized spacial score (nSPS) is 10.4. The smallest absolute Gasteiger partial charge is 0.335 e. The minimum atomic E-state index is -1.03. The molecule has 0 bridgehead atoms. The van der Waals surface area contributed by atoms with E-state index in [1.54, 1.807) is 30.3 Å². The summed E-state index contributed by atoms with van der Waals surface area (Å²) < 4.78 is 14.0. The van der Waals surface area contributed by atoms with Crippen LogP contribution in [0.1, 0.15) is 10.4 Å². The van der Waals surface area contributed by atoms with Crippen LogP contribution in [-0.2, 0) is 0 Å². The molecule has 1 heterocycles. The lowest BCUT2D eigenvalue weighted by molar-refractivity contribution is 0.0697. The zero-order chi connectivity index (χ0) is 18.7. The van der Waals surface area contributed by atoms with E-state index in [-0.39, 0.29) is 17.3 Å². The van der Waals surface area contributed by atoms with E-state index < -0.39 is 11.8 Å². The lowest BCUT2D eigenvalue weighted by atomic mass is 10.2. The molecule has 0 aliphatic rings. The lowest BCUT2D eigenvalue weighted by Crippen LogP contribution is -2.04. The van der Waals surface area contributed by atoms with E-state index in [2.05, 4.69) is 20.6 Å². The van der Waals surface area contributed by atoms with Crippen molar-refractivity contribution in [3.8, 4) is 0 Å². The number of hydrogen-bond donors (Lipinski definition) is 3. The fourth-order valence-corrected chi connectivity index (χ4v) is 2.57. The molecule has 3 aromatic rings. The number of nitrogens with one attached hydrogen (secondary N) is 2. The van der Waals surface area contributed by atoms with Crippen LogP contribution < -0.4 is 10.6 Å². The maximum atomic E-state index is 14.0. The largest absolute Gasteiger partial charge is 0.478 e. The summed E-state index contributed by atoms with van der Waals surface area (Å²) in [6.45, 7) is 0. The number of hydrogen-bond acceptors (Lipinski definition) is 5. The van der Waals surface area contributed by atoms with Crippen LogP contribution in [0.4, 0.5) is 27.5 Å². The SMILES string of the molecule is O=C(O)c1ccc(Nc2ncc(F)c(Nc3c(Cl)cccc3Cl)n2)cc1. The van der Waals surface area contributed by atoms with Crippen molar-refractivity contribution in [2.75, 3.05) is 10.6 Å². The molecule has 9 heteroatoms. The first-order valence-corrected chi connectivity index (χ1v) is 8.03. The molecule has 3 rings (SSSR count). The maximum Gasteiger partial charge on any atom is 0.335 e. The van der Waals surface area contributed by atoms with Gasteiger partial charge in [-0.05, 0) is 36.4 Å². The van der Waals surface area contributed by atoms with Gasteiger partial charge in [0.25, 0.3) is 0 Å². The second kappa shape index (κ2) is 7.55. The van der Waals surface area contributed by atoms with Gasteiger partial charge in [-0.15, -0.1) is 0 Å². The number of carbonyl (C=O) groups is 1. The van der Waals surface area contributed by atoms with Crippen molar-refractivity contribution in [3.05, 3.63) is 70.1 Å². The summed E-state index contributed by atoms with van der Waals surface area (Å²) >= 11 is 12.1. The summed E-state index contributed by atoms with van der Waals surface area (Å²) in [4.78, 5) is 18.8. The number of carboxylic acids is 1. The lowest BCUT2D eigenvalue weighted by Gasteiger charge is -2.12. The van der Waals surface area contributed by atoms with Crippen LogP contribution in [0.15, 0.2) is 48.7 Å². The average Bonchev–Trinajstić information content (AvgIpc) is 2.61. The Labute approximate surface area is 157 Å². The molecule has 0 saturated heterocycles. The topological polar surface area (TPSA) is 87.1 Å². The van der Waals surface area contributed by atoms with Crippen LogP contribution in [0.5, 0.6) is 0 Å². The molecule has 0 aliphatic carbocycles. The van der Waals surface area contributed by atoms with Gasteiger partial charge in [0.1, 0.15) is 0 Å². The predicted octanol–water partition coefficient (Wildman–Crippen LogP) is 5.11. The number of aromatic nitrogens is 2. The molecule has 0 fully saturated rings. The Bertz CT molecular complexity index is 947. The van der Waals surface area contributed by atoms with Gasteiger partial charge < -0.3 is 15.7 Å². The molecular weight excluding hydrogens is 382 g/mol. The van der Waals surface area contributed by atoms with Gasteiger partial charge >= 0.3 is 5.97 Å². The molecular formula is C17H11Cl2FN4O2. The highest BCUT2D eigenvalue weighted by Crippen LogP contribution is 2.32. The molecule has 132 valence electrons. The van der Waals surface area contributed by atoms with Crippen LogP contribution in [0.25, 0.3) is 0 Å². The maximum absolute atomic E-state index is 14.0. The quantitative estimate of drug-likeness (QED) is 0.559. The molecule has 0 atom stereocenters. The van der Waals surface area contributed by atoms with Crippen LogP contribution >= 0.6 is 23.2 Å². The first kappa shape index (κ1) is 17.9. The van der Waals surface area contributed by atoms with Crippen LogP contribution in [0.2, 0.25) is 10.0 Å². The minimum Gasteiger partial charge on any atom is -0.478 e. The molecule has 6 nitrogen and oxygen atoms in total. The van der Waals surface area contributed by atoms with E-state index in [4.69, 9.17) is 28.3 Å². The molecule has 1 aromatic heterocycles. The monoisotopic (exact) mass is 392 g/mol. The Morgan fingerprint density at radius 3 is 2.31 bits per heavy atom. The number of rotatable bonds is 5. The zero-order valence-corrected chi connectivity index (χ0v) is 14.5. The fraction of sp³-hybridized carbons (Fsp3) is 0. The molecule has 0 spiro atoms.